The molecule has 3 nitrogen and oxygen atoms in total. The van der Waals surface area contributed by atoms with Crippen molar-refractivity contribution >= 4 is 5.91 Å². The summed E-state index contributed by atoms with van der Waals surface area (Å²) in [6.07, 6.45) is 5.03. The molecule has 0 radical (unpaired) electrons. The zero-order chi connectivity index (χ0) is 14.4. The summed E-state index contributed by atoms with van der Waals surface area (Å²) in [6.45, 7) is 3.13. The van der Waals surface area contributed by atoms with Crippen LogP contribution in [0.15, 0.2) is 30.3 Å². The van der Waals surface area contributed by atoms with E-state index in [2.05, 4.69) is 12.2 Å². The minimum Gasteiger partial charge on any atom is -0.356 e. The molecule has 1 fully saturated rings. The van der Waals surface area contributed by atoms with Crippen LogP contribution in [0, 0.1) is 11.8 Å². The van der Waals surface area contributed by atoms with Crippen molar-refractivity contribution in [1.29, 1.82) is 0 Å². The molecule has 1 aromatic rings. The van der Waals surface area contributed by atoms with Gasteiger partial charge in [-0.05, 0) is 36.7 Å². The van der Waals surface area contributed by atoms with E-state index in [1.54, 1.807) is 0 Å². The standard InChI is InChI=1S/C17H26N2O/c1-13-7-8-14(11-13)12-19-17(20)10-9-16(18)15-5-3-2-4-6-15/h2-6,13-14,16H,7-12,18H2,1H3,(H,19,20). The van der Waals surface area contributed by atoms with Gasteiger partial charge in [-0.15, -0.1) is 0 Å². The quantitative estimate of drug-likeness (QED) is 0.837. The van der Waals surface area contributed by atoms with Gasteiger partial charge in [0.1, 0.15) is 0 Å². The average molecular weight is 274 g/mol. The Balaban J connectivity index is 1.65. The van der Waals surface area contributed by atoms with Gasteiger partial charge in [0.25, 0.3) is 0 Å². The summed E-state index contributed by atoms with van der Waals surface area (Å²) in [4.78, 5) is 11.9. The Kier molecular flexibility index (Phi) is 5.60. The number of rotatable bonds is 6. The first-order valence-corrected chi connectivity index (χ1v) is 7.72. The Morgan fingerprint density at radius 1 is 1.35 bits per heavy atom. The molecule has 1 saturated carbocycles. The average Bonchev–Trinajstić information content (AvgIpc) is 2.89. The second-order valence-corrected chi connectivity index (χ2v) is 6.14. The molecule has 2 rings (SSSR count). The largest absolute Gasteiger partial charge is 0.356 e. The van der Waals surface area contributed by atoms with Crippen LogP contribution >= 0.6 is 0 Å². The first kappa shape index (κ1) is 15.0. The first-order valence-electron chi connectivity index (χ1n) is 7.72. The molecule has 20 heavy (non-hydrogen) atoms. The monoisotopic (exact) mass is 274 g/mol. The van der Waals surface area contributed by atoms with Crippen LogP contribution < -0.4 is 11.1 Å². The predicted octanol–water partition coefficient (Wildman–Crippen LogP) is 3.02. The second-order valence-electron chi connectivity index (χ2n) is 6.14. The Bertz CT molecular complexity index is 418. The highest BCUT2D eigenvalue weighted by Crippen LogP contribution is 2.29. The van der Waals surface area contributed by atoms with Crippen LogP contribution in [0.25, 0.3) is 0 Å². The van der Waals surface area contributed by atoms with Crippen LogP contribution in [-0.4, -0.2) is 12.5 Å². The lowest BCUT2D eigenvalue weighted by atomic mass is 10.0. The normalized spacial score (nSPS) is 23.5. The van der Waals surface area contributed by atoms with Crippen molar-refractivity contribution in [2.24, 2.45) is 17.6 Å². The van der Waals surface area contributed by atoms with Crippen LogP contribution in [0.5, 0.6) is 0 Å². The third kappa shape index (κ3) is 4.64. The van der Waals surface area contributed by atoms with Crippen LogP contribution in [0.3, 0.4) is 0 Å². The lowest BCUT2D eigenvalue weighted by molar-refractivity contribution is -0.121. The fourth-order valence-corrected chi connectivity index (χ4v) is 3.01. The summed E-state index contributed by atoms with van der Waals surface area (Å²) in [5.74, 6) is 1.64. The minimum atomic E-state index is -0.0477. The maximum absolute atomic E-state index is 11.9. The fraction of sp³-hybridized carbons (Fsp3) is 0.588. The molecule has 0 heterocycles. The Morgan fingerprint density at radius 3 is 2.75 bits per heavy atom. The number of nitrogens with one attached hydrogen (secondary N) is 1. The van der Waals surface area contributed by atoms with E-state index in [0.29, 0.717) is 18.8 Å². The molecular formula is C17H26N2O. The van der Waals surface area contributed by atoms with Crippen LogP contribution in [0.1, 0.15) is 50.6 Å². The lowest BCUT2D eigenvalue weighted by Crippen LogP contribution is -2.29. The third-order valence-corrected chi connectivity index (χ3v) is 4.30. The molecule has 0 aromatic heterocycles. The van der Waals surface area contributed by atoms with Crippen molar-refractivity contribution < 1.29 is 4.79 Å². The van der Waals surface area contributed by atoms with E-state index in [4.69, 9.17) is 5.73 Å². The summed E-state index contributed by atoms with van der Waals surface area (Å²) in [5.41, 5.74) is 7.20. The van der Waals surface area contributed by atoms with Crippen molar-refractivity contribution in [1.82, 2.24) is 5.32 Å². The summed E-state index contributed by atoms with van der Waals surface area (Å²) in [6, 6.07) is 9.93. The topological polar surface area (TPSA) is 55.1 Å². The van der Waals surface area contributed by atoms with E-state index in [1.807, 2.05) is 30.3 Å². The molecule has 0 saturated heterocycles. The van der Waals surface area contributed by atoms with Crippen LogP contribution in [0.4, 0.5) is 0 Å². The maximum atomic E-state index is 11.9. The molecule has 110 valence electrons. The van der Waals surface area contributed by atoms with Gasteiger partial charge >= 0.3 is 0 Å². The number of amides is 1. The van der Waals surface area contributed by atoms with Crippen molar-refractivity contribution in [3.8, 4) is 0 Å². The lowest BCUT2D eigenvalue weighted by Gasteiger charge is -2.13. The van der Waals surface area contributed by atoms with Gasteiger partial charge in [0.2, 0.25) is 5.91 Å². The van der Waals surface area contributed by atoms with Gasteiger partial charge in [-0.1, -0.05) is 43.7 Å². The fourth-order valence-electron chi connectivity index (χ4n) is 3.01. The SMILES string of the molecule is CC1CCC(CNC(=O)CCC(N)c2ccccc2)C1. The highest BCUT2D eigenvalue weighted by atomic mass is 16.1. The molecule has 3 atom stereocenters. The highest BCUT2D eigenvalue weighted by molar-refractivity contribution is 5.75. The van der Waals surface area contributed by atoms with Gasteiger partial charge in [-0.3, -0.25) is 4.79 Å². The summed E-state index contributed by atoms with van der Waals surface area (Å²) >= 11 is 0. The Morgan fingerprint density at radius 2 is 2.10 bits per heavy atom. The number of nitrogens with two attached hydrogens (primary N) is 1. The molecule has 3 unspecified atom stereocenters. The number of carbonyl (C=O) groups excluding carboxylic acids is 1. The number of benzene rings is 1. The third-order valence-electron chi connectivity index (χ3n) is 4.30. The van der Waals surface area contributed by atoms with Crippen LogP contribution in [-0.2, 0) is 4.79 Å². The van der Waals surface area contributed by atoms with Crippen LogP contribution in [0.2, 0.25) is 0 Å². The van der Waals surface area contributed by atoms with Gasteiger partial charge in [0.15, 0.2) is 0 Å². The van der Waals surface area contributed by atoms with E-state index >= 15 is 0 Å². The van der Waals surface area contributed by atoms with Gasteiger partial charge in [0, 0.05) is 19.0 Å². The smallest absolute Gasteiger partial charge is 0.220 e. The molecule has 0 bridgehead atoms. The molecule has 1 aliphatic rings. The predicted molar refractivity (Wildman–Crippen MR) is 82.1 cm³/mol. The molecule has 1 aliphatic carbocycles. The number of hydrogen-bond acceptors (Lipinski definition) is 2. The van der Waals surface area contributed by atoms with Gasteiger partial charge < -0.3 is 11.1 Å². The van der Waals surface area contributed by atoms with Crippen molar-refractivity contribution in [3.05, 3.63) is 35.9 Å². The molecule has 3 N–H and O–H groups in total. The van der Waals surface area contributed by atoms with E-state index in [0.717, 1.165) is 18.0 Å². The van der Waals surface area contributed by atoms with E-state index in [-0.39, 0.29) is 11.9 Å². The summed E-state index contributed by atoms with van der Waals surface area (Å²) < 4.78 is 0. The Hall–Kier alpha value is -1.35. The first-order chi connectivity index (χ1) is 9.65. The van der Waals surface area contributed by atoms with Gasteiger partial charge in [-0.25, -0.2) is 0 Å². The van der Waals surface area contributed by atoms with E-state index in [1.165, 1.54) is 19.3 Å². The molecule has 3 heteroatoms. The summed E-state index contributed by atoms with van der Waals surface area (Å²) in [5, 5.41) is 3.06. The molecule has 1 amide bonds. The number of carbonyl (C=O) groups is 1. The van der Waals surface area contributed by atoms with Crippen molar-refractivity contribution in [2.45, 2.75) is 45.1 Å². The second kappa shape index (κ2) is 7.44. The maximum Gasteiger partial charge on any atom is 0.220 e. The van der Waals surface area contributed by atoms with Gasteiger partial charge in [0.05, 0.1) is 0 Å². The zero-order valence-corrected chi connectivity index (χ0v) is 12.3. The highest BCUT2D eigenvalue weighted by Gasteiger charge is 2.21. The van der Waals surface area contributed by atoms with E-state index < -0.39 is 0 Å². The summed E-state index contributed by atoms with van der Waals surface area (Å²) in [7, 11) is 0. The van der Waals surface area contributed by atoms with Crippen molar-refractivity contribution in [2.75, 3.05) is 6.54 Å². The van der Waals surface area contributed by atoms with Crippen molar-refractivity contribution in [3.63, 3.8) is 0 Å². The van der Waals surface area contributed by atoms with E-state index in [9.17, 15) is 4.79 Å². The number of hydrogen-bond donors (Lipinski definition) is 2. The minimum absolute atomic E-state index is 0.0477. The Labute approximate surface area is 121 Å². The molecule has 0 spiro atoms. The van der Waals surface area contributed by atoms with Gasteiger partial charge in [-0.2, -0.15) is 0 Å². The molecular weight excluding hydrogens is 248 g/mol. The molecule has 1 aromatic carbocycles. The zero-order valence-electron chi connectivity index (χ0n) is 12.3. The molecule has 0 aliphatic heterocycles.